The van der Waals surface area contributed by atoms with E-state index in [0.717, 1.165) is 24.6 Å². The summed E-state index contributed by atoms with van der Waals surface area (Å²) in [6, 6.07) is 2.63. The number of carbonyl (C=O) groups excluding carboxylic acids is 2. The van der Waals surface area contributed by atoms with Crippen LogP contribution in [0.25, 0.3) is 10.9 Å². The molecule has 7 heteroatoms. The van der Waals surface area contributed by atoms with Crippen LogP contribution in [0.3, 0.4) is 0 Å². The Morgan fingerprint density at radius 1 is 1.22 bits per heavy atom. The van der Waals surface area contributed by atoms with Crippen LogP contribution >= 0.6 is 0 Å². The normalized spacial score (nSPS) is 15.8. The summed E-state index contributed by atoms with van der Waals surface area (Å²) < 4.78 is 30.3. The minimum absolute atomic E-state index is 0.0881. The molecule has 3 rings (SSSR count). The van der Waals surface area contributed by atoms with Gasteiger partial charge >= 0.3 is 0 Å². The number of hydroxylamine groups is 1. The van der Waals surface area contributed by atoms with Gasteiger partial charge in [-0.25, -0.2) is 14.3 Å². The molecule has 1 aliphatic carbocycles. The minimum Gasteiger partial charge on any atom is -0.344 e. The van der Waals surface area contributed by atoms with E-state index in [4.69, 9.17) is 5.21 Å². The highest BCUT2D eigenvalue weighted by Crippen LogP contribution is 2.41. The number of hydrogen-bond donors (Lipinski definition) is 2. The highest BCUT2D eigenvalue weighted by Gasteiger charge is 2.36. The van der Waals surface area contributed by atoms with Gasteiger partial charge in [-0.15, -0.1) is 0 Å². The molecule has 0 spiro atoms. The first kappa shape index (κ1) is 19.5. The van der Waals surface area contributed by atoms with E-state index in [0.29, 0.717) is 36.9 Å². The topological polar surface area (TPSA) is 71.3 Å². The molecule has 27 heavy (non-hydrogen) atoms. The summed E-state index contributed by atoms with van der Waals surface area (Å²) in [6.07, 6.45) is 3.24. The molecule has 1 aromatic carbocycles. The van der Waals surface area contributed by atoms with Gasteiger partial charge in [0.15, 0.2) is 17.4 Å². The van der Waals surface area contributed by atoms with Crippen molar-refractivity contribution < 1.29 is 23.6 Å². The average molecular weight is 378 g/mol. The summed E-state index contributed by atoms with van der Waals surface area (Å²) in [5.74, 6) is -2.48. The third kappa shape index (κ3) is 3.74. The quantitative estimate of drug-likeness (QED) is 0.451. The fraction of sp³-hybridized carbons (Fsp3) is 0.500. The summed E-state index contributed by atoms with van der Waals surface area (Å²) in [4.78, 5) is 23.8. The van der Waals surface area contributed by atoms with Crippen molar-refractivity contribution >= 4 is 22.6 Å². The number of benzene rings is 1. The maximum absolute atomic E-state index is 14.5. The molecule has 1 aliphatic rings. The van der Waals surface area contributed by atoms with E-state index < -0.39 is 17.5 Å². The first-order valence-electron chi connectivity index (χ1n) is 9.20. The van der Waals surface area contributed by atoms with E-state index in [1.165, 1.54) is 6.07 Å². The molecule has 0 fully saturated rings. The number of fused-ring (bicyclic) bond motifs is 3. The fourth-order valence-corrected chi connectivity index (χ4v) is 3.99. The van der Waals surface area contributed by atoms with Crippen LogP contribution in [0.1, 0.15) is 62.0 Å². The Morgan fingerprint density at radius 3 is 2.67 bits per heavy atom. The van der Waals surface area contributed by atoms with Gasteiger partial charge in [0.2, 0.25) is 5.91 Å². The minimum atomic E-state index is -0.963. The Balaban J connectivity index is 1.94. The number of Topliss-reactive ketones (excluding diaryl/α,β-unsaturated/α-hetero) is 1. The number of unbranched alkanes of at least 4 members (excludes halogenated alkanes) is 2. The second-order valence-electron chi connectivity index (χ2n) is 8.02. The van der Waals surface area contributed by atoms with Crippen LogP contribution in [0.5, 0.6) is 0 Å². The Bertz CT molecular complexity index is 902. The number of halogens is 2. The highest BCUT2D eigenvalue weighted by molar-refractivity contribution is 6.10. The summed E-state index contributed by atoms with van der Waals surface area (Å²) in [7, 11) is 0. The summed E-state index contributed by atoms with van der Waals surface area (Å²) in [6.45, 7) is 4.56. The van der Waals surface area contributed by atoms with Crippen molar-refractivity contribution in [3.63, 3.8) is 0 Å². The van der Waals surface area contributed by atoms with Crippen molar-refractivity contribution in [2.75, 3.05) is 0 Å². The number of hydrogen-bond acceptors (Lipinski definition) is 3. The molecule has 1 aromatic heterocycles. The monoisotopic (exact) mass is 378 g/mol. The Labute approximate surface area is 156 Å². The van der Waals surface area contributed by atoms with Gasteiger partial charge in [-0.1, -0.05) is 20.3 Å². The van der Waals surface area contributed by atoms with Crippen molar-refractivity contribution in [1.82, 2.24) is 10.0 Å². The SMILES string of the molecule is CC1(C)CC(=O)c2c(n(CCCCCC(=O)NO)c3ccc(F)c(F)c23)C1. The number of nitrogens with zero attached hydrogens (tertiary/aromatic N) is 1. The van der Waals surface area contributed by atoms with Gasteiger partial charge in [-0.3, -0.25) is 14.8 Å². The number of ketones is 1. The van der Waals surface area contributed by atoms with Crippen LogP contribution in [0.15, 0.2) is 12.1 Å². The van der Waals surface area contributed by atoms with Gasteiger partial charge in [0, 0.05) is 36.0 Å². The number of aryl methyl sites for hydroxylation is 1. The molecule has 1 heterocycles. The third-order valence-corrected chi connectivity index (χ3v) is 5.20. The molecule has 0 aliphatic heterocycles. The van der Waals surface area contributed by atoms with Gasteiger partial charge in [0.25, 0.3) is 0 Å². The maximum atomic E-state index is 14.5. The lowest BCUT2D eigenvalue weighted by Crippen LogP contribution is -2.28. The molecule has 0 saturated carbocycles. The Morgan fingerprint density at radius 2 is 1.96 bits per heavy atom. The predicted octanol–water partition coefficient (Wildman–Crippen LogP) is 4.14. The van der Waals surface area contributed by atoms with Crippen LogP contribution in [0, 0.1) is 17.0 Å². The van der Waals surface area contributed by atoms with Gasteiger partial charge in [-0.05, 0) is 36.8 Å². The summed E-state index contributed by atoms with van der Waals surface area (Å²) in [5, 5.41) is 8.60. The lowest BCUT2D eigenvalue weighted by molar-refractivity contribution is -0.129. The molecule has 2 N–H and O–H groups in total. The lowest BCUT2D eigenvalue weighted by atomic mass is 9.75. The smallest absolute Gasteiger partial charge is 0.243 e. The number of nitrogens with one attached hydrogen (secondary N) is 1. The second-order valence-corrected chi connectivity index (χ2v) is 8.02. The molecule has 0 saturated heterocycles. The van der Waals surface area contributed by atoms with Gasteiger partial charge in [-0.2, -0.15) is 0 Å². The molecule has 0 radical (unpaired) electrons. The van der Waals surface area contributed by atoms with E-state index in [1.54, 1.807) is 5.48 Å². The first-order valence-corrected chi connectivity index (χ1v) is 9.20. The molecule has 1 amide bonds. The second kappa shape index (κ2) is 7.38. The zero-order valence-electron chi connectivity index (χ0n) is 15.6. The number of aromatic nitrogens is 1. The van der Waals surface area contributed by atoms with Crippen molar-refractivity contribution in [1.29, 1.82) is 0 Å². The van der Waals surface area contributed by atoms with Crippen molar-refractivity contribution in [2.24, 2.45) is 5.41 Å². The van der Waals surface area contributed by atoms with Crippen molar-refractivity contribution in [2.45, 2.75) is 58.9 Å². The number of carbonyl (C=O) groups is 2. The zero-order chi connectivity index (χ0) is 19.8. The van der Waals surface area contributed by atoms with Crippen LogP contribution in [-0.4, -0.2) is 21.5 Å². The van der Waals surface area contributed by atoms with Crippen molar-refractivity contribution in [3.8, 4) is 0 Å². The molecule has 0 bridgehead atoms. The molecule has 5 nitrogen and oxygen atoms in total. The molecule has 146 valence electrons. The highest BCUT2D eigenvalue weighted by atomic mass is 19.2. The fourth-order valence-electron chi connectivity index (χ4n) is 3.99. The molecular weight excluding hydrogens is 354 g/mol. The average Bonchev–Trinajstić information content (AvgIpc) is 2.90. The molecule has 0 unspecified atom stereocenters. The van der Waals surface area contributed by atoms with Gasteiger partial charge in [0.05, 0.1) is 5.52 Å². The predicted molar refractivity (Wildman–Crippen MR) is 96.7 cm³/mol. The standard InChI is InChI=1S/C20H24F2N2O3/c1-20(2)10-14-17(15(25)11-20)18-13(8-7-12(21)19(18)22)24(14)9-5-3-4-6-16(26)23-27/h7-8,27H,3-6,9-11H2,1-2H3,(H,23,26). The number of amides is 1. The van der Waals surface area contributed by atoms with E-state index in [1.807, 2.05) is 18.4 Å². The van der Waals surface area contributed by atoms with E-state index in [9.17, 15) is 18.4 Å². The first-order chi connectivity index (χ1) is 12.7. The Kier molecular flexibility index (Phi) is 5.33. The number of rotatable bonds is 6. The van der Waals surface area contributed by atoms with Crippen LogP contribution in [-0.2, 0) is 17.8 Å². The van der Waals surface area contributed by atoms with E-state index in [2.05, 4.69) is 0 Å². The molecular formula is C20H24F2N2O3. The van der Waals surface area contributed by atoms with E-state index in [-0.39, 0.29) is 23.0 Å². The third-order valence-electron chi connectivity index (χ3n) is 5.20. The lowest BCUT2D eigenvalue weighted by Gasteiger charge is -2.29. The van der Waals surface area contributed by atoms with Crippen LogP contribution in [0.2, 0.25) is 0 Å². The molecule has 0 atom stereocenters. The zero-order valence-corrected chi connectivity index (χ0v) is 15.6. The van der Waals surface area contributed by atoms with Crippen LogP contribution < -0.4 is 5.48 Å². The molecule has 2 aromatic rings. The Hall–Kier alpha value is -2.28. The summed E-state index contributed by atoms with van der Waals surface area (Å²) >= 11 is 0. The maximum Gasteiger partial charge on any atom is 0.243 e. The van der Waals surface area contributed by atoms with Crippen molar-refractivity contribution in [3.05, 3.63) is 35.0 Å². The van der Waals surface area contributed by atoms with Gasteiger partial charge < -0.3 is 4.57 Å². The van der Waals surface area contributed by atoms with E-state index >= 15 is 0 Å². The van der Waals surface area contributed by atoms with Gasteiger partial charge in [0.1, 0.15) is 0 Å². The largest absolute Gasteiger partial charge is 0.344 e. The summed E-state index contributed by atoms with van der Waals surface area (Å²) in [5.41, 5.74) is 3.00. The van der Waals surface area contributed by atoms with Crippen LogP contribution in [0.4, 0.5) is 8.78 Å².